The fraction of sp³-hybridized carbons (Fsp3) is 0.0714. The molecule has 0 atom stereocenters. The van der Waals surface area contributed by atoms with E-state index in [1.165, 1.54) is 0 Å². The zero-order valence-electron chi connectivity index (χ0n) is 8.97. The van der Waals surface area contributed by atoms with Gasteiger partial charge in [0.1, 0.15) is 5.75 Å². The second kappa shape index (κ2) is 4.50. The maximum Gasteiger partial charge on any atom is 0.137 e. The van der Waals surface area contributed by atoms with Gasteiger partial charge in [0.2, 0.25) is 0 Å². The second-order valence-corrected chi connectivity index (χ2v) is 3.34. The Morgan fingerprint density at radius 3 is 2.50 bits per heavy atom. The monoisotopic (exact) mass is 209 g/mol. The molecule has 0 saturated carbocycles. The lowest BCUT2D eigenvalue weighted by Crippen LogP contribution is -1.86. The van der Waals surface area contributed by atoms with Gasteiger partial charge in [0, 0.05) is 17.3 Å². The summed E-state index contributed by atoms with van der Waals surface area (Å²) in [6, 6.07) is 9.72. The zero-order chi connectivity index (χ0) is 11.4. The normalized spacial score (nSPS) is 9.50. The molecule has 1 aromatic carbocycles. The average Bonchev–Trinajstić information content (AvgIpc) is 2.39. The molecule has 0 radical (unpaired) electrons. The van der Waals surface area contributed by atoms with E-state index in [1.807, 2.05) is 30.3 Å². The summed E-state index contributed by atoms with van der Waals surface area (Å²) in [5.41, 5.74) is 2.97. The number of ether oxygens (including phenoxy) is 1. The molecule has 2 aromatic rings. The molecule has 0 saturated heterocycles. The molecule has 1 heterocycles. The van der Waals surface area contributed by atoms with Crippen LogP contribution in [0.25, 0.3) is 11.1 Å². The molecular formula is C14H11NO. The van der Waals surface area contributed by atoms with Crippen molar-refractivity contribution < 1.29 is 4.74 Å². The lowest BCUT2D eigenvalue weighted by atomic mass is 10.1. The zero-order valence-corrected chi connectivity index (χ0v) is 8.97. The van der Waals surface area contributed by atoms with E-state index in [0.717, 1.165) is 22.4 Å². The molecule has 2 heteroatoms. The molecule has 2 rings (SSSR count). The van der Waals surface area contributed by atoms with E-state index in [0.29, 0.717) is 0 Å². The van der Waals surface area contributed by atoms with E-state index in [2.05, 4.69) is 10.9 Å². The minimum Gasteiger partial charge on any atom is -0.495 e. The molecular weight excluding hydrogens is 198 g/mol. The maximum atomic E-state index is 5.30. The van der Waals surface area contributed by atoms with Crippen molar-refractivity contribution in [3.05, 3.63) is 48.3 Å². The molecule has 0 unspecified atom stereocenters. The van der Waals surface area contributed by atoms with Crippen LogP contribution in [0.3, 0.4) is 0 Å². The SMILES string of the molecule is C#Cc1ccc(-c2cncc(OC)c2)cc1. The Bertz CT molecular complexity index is 523. The van der Waals surface area contributed by atoms with Gasteiger partial charge in [-0.15, -0.1) is 6.42 Å². The van der Waals surface area contributed by atoms with Gasteiger partial charge in [-0.3, -0.25) is 4.98 Å². The fourth-order valence-electron chi connectivity index (χ4n) is 1.45. The highest BCUT2D eigenvalue weighted by Crippen LogP contribution is 2.22. The number of pyridine rings is 1. The Kier molecular flexibility index (Phi) is 2.88. The van der Waals surface area contributed by atoms with Crippen LogP contribution >= 0.6 is 0 Å². The molecule has 0 aliphatic heterocycles. The summed E-state index contributed by atoms with van der Waals surface area (Å²) in [7, 11) is 1.63. The molecule has 0 aliphatic rings. The largest absolute Gasteiger partial charge is 0.495 e. The minimum absolute atomic E-state index is 0.749. The minimum atomic E-state index is 0.749. The van der Waals surface area contributed by atoms with Gasteiger partial charge in [-0.25, -0.2) is 0 Å². The van der Waals surface area contributed by atoms with Crippen LogP contribution in [0.1, 0.15) is 5.56 Å². The first-order valence-electron chi connectivity index (χ1n) is 4.89. The summed E-state index contributed by atoms with van der Waals surface area (Å²) in [6.45, 7) is 0. The second-order valence-electron chi connectivity index (χ2n) is 3.34. The van der Waals surface area contributed by atoms with Crippen molar-refractivity contribution in [1.29, 1.82) is 0 Å². The Hall–Kier alpha value is -2.27. The average molecular weight is 209 g/mol. The Labute approximate surface area is 94.9 Å². The van der Waals surface area contributed by atoms with Gasteiger partial charge in [-0.1, -0.05) is 18.1 Å². The Morgan fingerprint density at radius 2 is 1.88 bits per heavy atom. The highest BCUT2D eigenvalue weighted by molar-refractivity contribution is 5.64. The highest BCUT2D eigenvalue weighted by Gasteiger charge is 1.99. The van der Waals surface area contributed by atoms with Gasteiger partial charge in [-0.05, 0) is 23.8 Å². The number of terminal acetylenes is 1. The van der Waals surface area contributed by atoms with Crippen LogP contribution in [0.5, 0.6) is 5.75 Å². The first-order chi connectivity index (χ1) is 7.83. The molecule has 78 valence electrons. The molecule has 2 nitrogen and oxygen atoms in total. The number of nitrogens with zero attached hydrogens (tertiary/aromatic N) is 1. The topological polar surface area (TPSA) is 22.1 Å². The smallest absolute Gasteiger partial charge is 0.137 e. The van der Waals surface area contributed by atoms with Crippen LogP contribution < -0.4 is 4.74 Å². The van der Waals surface area contributed by atoms with E-state index < -0.39 is 0 Å². The van der Waals surface area contributed by atoms with Gasteiger partial charge in [0.05, 0.1) is 13.3 Å². The van der Waals surface area contributed by atoms with Crippen LogP contribution in [0.2, 0.25) is 0 Å². The summed E-state index contributed by atoms with van der Waals surface area (Å²) in [6.07, 6.45) is 8.78. The molecule has 0 fully saturated rings. The summed E-state index contributed by atoms with van der Waals surface area (Å²) in [4.78, 5) is 4.11. The number of rotatable bonds is 2. The molecule has 0 spiro atoms. The molecule has 16 heavy (non-hydrogen) atoms. The predicted molar refractivity (Wildman–Crippen MR) is 64.2 cm³/mol. The molecule has 0 amide bonds. The Balaban J connectivity index is 2.39. The van der Waals surface area contributed by atoms with Crippen LogP contribution in [-0.4, -0.2) is 12.1 Å². The van der Waals surface area contributed by atoms with Crippen LogP contribution in [-0.2, 0) is 0 Å². The third-order valence-corrected chi connectivity index (χ3v) is 2.33. The summed E-state index contributed by atoms with van der Waals surface area (Å²) >= 11 is 0. The van der Waals surface area contributed by atoms with Gasteiger partial charge in [0.15, 0.2) is 0 Å². The molecule has 0 aliphatic carbocycles. The van der Waals surface area contributed by atoms with E-state index in [4.69, 9.17) is 11.2 Å². The standard InChI is InChI=1S/C14H11NO/c1-3-11-4-6-12(7-5-11)13-8-14(16-2)10-15-9-13/h1,4-10H,2H3. The summed E-state index contributed by atoms with van der Waals surface area (Å²) in [5.74, 6) is 3.34. The maximum absolute atomic E-state index is 5.30. The van der Waals surface area contributed by atoms with Crippen molar-refractivity contribution in [3.63, 3.8) is 0 Å². The highest BCUT2D eigenvalue weighted by atomic mass is 16.5. The fourth-order valence-corrected chi connectivity index (χ4v) is 1.45. The number of hydrogen-bond donors (Lipinski definition) is 0. The summed E-state index contributed by atoms with van der Waals surface area (Å²) < 4.78 is 5.13. The molecule has 1 aromatic heterocycles. The van der Waals surface area contributed by atoms with Gasteiger partial charge in [0.25, 0.3) is 0 Å². The summed E-state index contributed by atoms with van der Waals surface area (Å²) in [5, 5.41) is 0. The first kappa shape index (κ1) is 10.3. The first-order valence-corrected chi connectivity index (χ1v) is 4.89. The van der Waals surface area contributed by atoms with Crippen molar-refractivity contribution in [2.75, 3.05) is 7.11 Å². The van der Waals surface area contributed by atoms with Gasteiger partial charge < -0.3 is 4.74 Å². The lowest BCUT2D eigenvalue weighted by Gasteiger charge is -2.03. The van der Waals surface area contributed by atoms with Crippen molar-refractivity contribution in [3.8, 4) is 29.2 Å². The number of methoxy groups -OCH3 is 1. The number of hydrogen-bond acceptors (Lipinski definition) is 2. The van der Waals surface area contributed by atoms with Crippen LogP contribution in [0.4, 0.5) is 0 Å². The Morgan fingerprint density at radius 1 is 1.12 bits per heavy atom. The van der Waals surface area contributed by atoms with Crippen molar-refractivity contribution in [2.24, 2.45) is 0 Å². The van der Waals surface area contributed by atoms with E-state index in [1.54, 1.807) is 19.5 Å². The predicted octanol–water partition coefficient (Wildman–Crippen LogP) is 2.74. The molecule has 0 bridgehead atoms. The number of benzene rings is 1. The van der Waals surface area contributed by atoms with Gasteiger partial charge in [-0.2, -0.15) is 0 Å². The van der Waals surface area contributed by atoms with E-state index >= 15 is 0 Å². The van der Waals surface area contributed by atoms with Gasteiger partial charge >= 0.3 is 0 Å². The third kappa shape index (κ3) is 2.04. The quantitative estimate of drug-likeness (QED) is 0.709. The van der Waals surface area contributed by atoms with Crippen LogP contribution in [0.15, 0.2) is 42.7 Å². The van der Waals surface area contributed by atoms with Crippen molar-refractivity contribution in [2.45, 2.75) is 0 Å². The van der Waals surface area contributed by atoms with E-state index in [-0.39, 0.29) is 0 Å². The van der Waals surface area contributed by atoms with Crippen molar-refractivity contribution >= 4 is 0 Å². The lowest BCUT2D eigenvalue weighted by molar-refractivity contribution is 0.413. The molecule has 0 N–H and O–H groups in total. The van der Waals surface area contributed by atoms with Crippen molar-refractivity contribution in [1.82, 2.24) is 4.98 Å². The van der Waals surface area contributed by atoms with Crippen LogP contribution in [0, 0.1) is 12.3 Å². The third-order valence-electron chi connectivity index (χ3n) is 2.33. The van der Waals surface area contributed by atoms with E-state index in [9.17, 15) is 0 Å². The number of aromatic nitrogens is 1.